The normalized spacial score (nSPS) is 11.6. The fourth-order valence-electron chi connectivity index (χ4n) is 3.27. The maximum absolute atomic E-state index is 12.8. The van der Waals surface area contributed by atoms with Gasteiger partial charge in [0.15, 0.2) is 0 Å². The van der Waals surface area contributed by atoms with E-state index in [0.29, 0.717) is 17.3 Å². The van der Waals surface area contributed by atoms with Gasteiger partial charge < -0.3 is 5.32 Å². The number of alkyl halides is 3. The molecule has 2 aromatic heterocycles. The molecule has 0 atom stereocenters. The van der Waals surface area contributed by atoms with Gasteiger partial charge in [0.1, 0.15) is 11.6 Å². The SMILES string of the molecule is CCCCc1nc(Nc2ccc(C(F)(F)F)cc2)cc(-c2ccc3cccnc3c2)n1. The summed E-state index contributed by atoms with van der Waals surface area (Å²) in [4.78, 5) is 13.7. The molecule has 0 aliphatic rings. The second kappa shape index (κ2) is 8.71. The van der Waals surface area contributed by atoms with Gasteiger partial charge in [0.2, 0.25) is 0 Å². The van der Waals surface area contributed by atoms with Crippen LogP contribution in [0.2, 0.25) is 0 Å². The number of pyridine rings is 1. The molecule has 2 aromatic carbocycles. The van der Waals surface area contributed by atoms with Crippen LogP contribution in [0.5, 0.6) is 0 Å². The second-order valence-corrected chi connectivity index (χ2v) is 7.27. The number of anilines is 2. The molecular formula is C24H21F3N4. The van der Waals surface area contributed by atoms with Crippen LogP contribution in [0.1, 0.15) is 31.2 Å². The third kappa shape index (κ3) is 4.99. The first-order valence-corrected chi connectivity index (χ1v) is 10.1. The van der Waals surface area contributed by atoms with E-state index in [4.69, 9.17) is 4.98 Å². The number of nitrogens with one attached hydrogen (secondary N) is 1. The number of halogens is 3. The van der Waals surface area contributed by atoms with Crippen LogP contribution in [0, 0.1) is 0 Å². The van der Waals surface area contributed by atoms with Gasteiger partial charge >= 0.3 is 6.18 Å². The first kappa shape index (κ1) is 20.8. The van der Waals surface area contributed by atoms with Crippen molar-refractivity contribution in [3.05, 3.63) is 78.2 Å². The molecule has 2 heterocycles. The first-order chi connectivity index (χ1) is 14.9. The third-order valence-electron chi connectivity index (χ3n) is 4.91. The largest absolute Gasteiger partial charge is 0.416 e. The topological polar surface area (TPSA) is 50.7 Å². The molecule has 0 unspecified atom stereocenters. The minimum absolute atomic E-state index is 0.527. The smallest absolute Gasteiger partial charge is 0.340 e. The molecule has 158 valence electrons. The van der Waals surface area contributed by atoms with E-state index in [1.807, 2.05) is 30.3 Å². The quantitative estimate of drug-likeness (QED) is 0.371. The maximum Gasteiger partial charge on any atom is 0.416 e. The monoisotopic (exact) mass is 422 g/mol. The number of hydrogen-bond acceptors (Lipinski definition) is 4. The number of hydrogen-bond donors (Lipinski definition) is 1. The van der Waals surface area contributed by atoms with Crippen LogP contribution in [0.3, 0.4) is 0 Å². The Kier molecular flexibility index (Phi) is 5.84. The molecule has 0 saturated heterocycles. The van der Waals surface area contributed by atoms with Gasteiger partial charge in [-0.2, -0.15) is 13.2 Å². The van der Waals surface area contributed by atoms with Crippen molar-refractivity contribution in [1.82, 2.24) is 15.0 Å². The van der Waals surface area contributed by atoms with E-state index in [2.05, 4.69) is 22.2 Å². The molecule has 4 nitrogen and oxygen atoms in total. The van der Waals surface area contributed by atoms with Crippen LogP contribution in [0.25, 0.3) is 22.2 Å². The number of fused-ring (bicyclic) bond motifs is 1. The van der Waals surface area contributed by atoms with Crippen LogP contribution in [-0.2, 0) is 12.6 Å². The summed E-state index contributed by atoms with van der Waals surface area (Å²) in [7, 11) is 0. The van der Waals surface area contributed by atoms with Crippen molar-refractivity contribution >= 4 is 22.4 Å². The van der Waals surface area contributed by atoms with E-state index >= 15 is 0 Å². The molecule has 0 fully saturated rings. The van der Waals surface area contributed by atoms with Gasteiger partial charge in [0.05, 0.1) is 16.8 Å². The number of rotatable bonds is 6. The molecule has 0 radical (unpaired) electrons. The molecule has 0 saturated carbocycles. The molecule has 0 bridgehead atoms. The summed E-state index contributed by atoms with van der Waals surface area (Å²) in [5.41, 5.74) is 2.35. The Hall–Kier alpha value is -3.48. The molecule has 4 aromatic rings. The van der Waals surface area contributed by atoms with E-state index in [0.717, 1.165) is 53.6 Å². The standard InChI is InChI=1S/C24H21F3N4/c1-2-3-6-22-30-21(17-8-7-16-5-4-13-28-20(16)14-17)15-23(31-22)29-19-11-9-18(10-12-19)24(25,26)27/h4-5,7-15H,2-3,6H2,1H3,(H,29,30,31). The van der Waals surface area contributed by atoms with Gasteiger partial charge in [0, 0.05) is 35.3 Å². The average molecular weight is 422 g/mol. The number of unbranched alkanes of at least 4 members (excludes halogenated alkanes) is 1. The van der Waals surface area contributed by atoms with Crippen molar-refractivity contribution < 1.29 is 13.2 Å². The highest BCUT2D eigenvalue weighted by Gasteiger charge is 2.29. The molecule has 0 aliphatic heterocycles. The van der Waals surface area contributed by atoms with E-state index in [1.54, 1.807) is 12.3 Å². The fraction of sp³-hybridized carbons (Fsp3) is 0.208. The minimum Gasteiger partial charge on any atom is -0.340 e. The Bertz CT molecular complexity index is 1190. The number of benzene rings is 2. The maximum atomic E-state index is 12.8. The van der Waals surface area contributed by atoms with E-state index in [-0.39, 0.29) is 0 Å². The van der Waals surface area contributed by atoms with Crippen LogP contribution >= 0.6 is 0 Å². The Morgan fingerprint density at radius 1 is 0.935 bits per heavy atom. The number of aryl methyl sites for hydroxylation is 1. The Balaban J connectivity index is 1.68. The van der Waals surface area contributed by atoms with Gasteiger partial charge in [-0.05, 0) is 42.8 Å². The Morgan fingerprint density at radius 2 is 1.74 bits per heavy atom. The lowest BCUT2D eigenvalue weighted by atomic mass is 10.1. The van der Waals surface area contributed by atoms with Crippen LogP contribution in [0.4, 0.5) is 24.7 Å². The summed E-state index contributed by atoms with van der Waals surface area (Å²) in [5.74, 6) is 1.23. The van der Waals surface area contributed by atoms with E-state index in [1.165, 1.54) is 12.1 Å². The predicted molar refractivity (Wildman–Crippen MR) is 116 cm³/mol. The Labute approximate surface area is 178 Å². The first-order valence-electron chi connectivity index (χ1n) is 10.1. The highest BCUT2D eigenvalue weighted by Crippen LogP contribution is 2.31. The highest BCUT2D eigenvalue weighted by molar-refractivity contribution is 5.83. The fourth-order valence-corrected chi connectivity index (χ4v) is 3.27. The van der Waals surface area contributed by atoms with E-state index in [9.17, 15) is 13.2 Å². The van der Waals surface area contributed by atoms with Crippen molar-refractivity contribution in [3.8, 4) is 11.3 Å². The highest BCUT2D eigenvalue weighted by atomic mass is 19.4. The van der Waals surface area contributed by atoms with Gasteiger partial charge in [0.25, 0.3) is 0 Å². The van der Waals surface area contributed by atoms with Crippen LogP contribution in [-0.4, -0.2) is 15.0 Å². The van der Waals surface area contributed by atoms with Gasteiger partial charge in [-0.25, -0.2) is 9.97 Å². The molecule has 1 N–H and O–H groups in total. The van der Waals surface area contributed by atoms with Crippen molar-refractivity contribution in [2.24, 2.45) is 0 Å². The molecule has 0 amide bonds. The van der Waals surface area contributed by atoms with Crippen molar-refractivity contribution in [2.75, 3.05) is 5.32 Å². The Morgan fingerprint density at radius 3 is 2.48 bits per heavy atom. The molecule has 4 rings (SSSR count). The zero-order valence-corrected chi connectivity index (χ0v) is 16.9. The van der Waals surface area contributed by atoms with Crippen LogP contribution in [0.15, 0.2) is 66.9 Å². The molecular weight excluding hydrogens is 401 g/mol. The summed E-state index contributed by atoms with van der Waals surface area (Å²) < 4.78 is 38.5. The van der Waals surface area contributed by atoms with Gasteiger partial charge in [-0.15, -0.1) is 0 Å². The summed E-state index contributed by atoms with van der Waals surface area (Å²) >= 11 is 0. The number of nitrogens with zero attached hydrogens (tertiary/aromatic N) is 3. The van der Waals surface area contributed by atoms with E-state index < -0.39 is 11.7 Å². The molecule has 0 aliphatic carbocycles. The van der Waals surface area contributed by atoms with Crippen LogP contribution < -0.4 is 5.32 Å². The van der Waals surface area contributed by atoms with Crippen molar-refractivity contribution in [1.29, 1.82) is 0 Å². The summed E-state index contributed by atoms with van der Waals surface area (Å²) in [6, 6.07) is 16.5. The number of aromatic nitrogens is 3. The van der Waals surface area contributed by atoms with Crippen molar-refractivity contribution in [3.63, 3.8) is 0 Å². The zero-order valence-electron chi connectivity index (χ0n) is 16.9. The minimum atomic E-state index is -4.36. The van der Waals surface area contributed by atoms with Gasteiger partial charge in [-0.3, -0.25) is 4.98 Å². The second-order valence-electron chi connectivity index (χ2n) is 7.27. The summed E-state index contributed by atoms with van der Waals surface area (Å²) in [6.45, 7) is 2.10. The third-order valence-corrected chi connectivity index (χ3v) is 4.91. The average Bonchev–Trinajstić information content (AvgIpc) is 2.77. The summed E-state index contributed by atoms with van der Waals surface area (Å²) in [5, 5.41) is 4.15. The molecule has 7 heteroatoms. The summed E-state index contributed by atoms with van der Waals surface area (Å²) in [6.07, 6.45) is 0.0594. The molecule has 31 heavy (non-hydrogen) atoms. The predicted octanol–water partition coefficient (Wildman–Crippen LogP) is 6.80. The zero-order chi connectivity index (χ0) is 21.8. The lowest BCUT2D eigenvalue weighted by molar-refractivity contribution is -0.137. The van der Waals surface area contributed by atoms with Gasteiger partial charge in [-0.1, -0.05) is 31.5 Å². The molecule has 0 spiro atoms. The van der Waals surface area contributed by atoms with Crippen molar-refractivity contribution in [2.45, 2.75) is 32.4 Å². The lowest BCUT2D eigenvalue weighted by Gasteiger charge is -2.12. The lowest BCUT2D eigenvalue weighted by Crippen LogP contribution is -2.05.